The number of aryl methyl sites for hydroxylation is 1. The molecule has 198 valence electrons. The van der Waals surface area contributed by atoms with Crippen molar-refractivity contribution in [2.75, 3.05) is 24.7 Å². The van der Waals surface area contributed by atoms with E-state index in [1.165, 1.54) is 25.1 Å². The Morgan fingerprint density at radius 1 is 1.32 bits per heavy atom. The third-order valence-corrected chi connectivity index (χ3v) is 8.80. The number of carbonyl (C=O) groups excluding carboxylic acids is 1. The summed E-state index contributed by atoms with van der Waals surface area (Å²) in [6, 6.07) is 4.29. The van der Waals surface area contributed by atoms with Gasteiger partial charge in [-0.05, 0) is 55.7 Å². The van der Waals surface area contributed by atoms with Crippen molar-refractivity contribution in [1.29, 1.82) is 0 Å². The van der Waals surface area contributed by atoms with Crippen LogP contribution >= 0.6 is 11.6 Å². The fraction of sp³-hybridized carbons (Fsp3) is 0.375. The molecule has 2 aromatic carbocycles. The summed E-state index contributed by atoms with van der Waals surface area (Å²) in [5.74, 6) is -3.16. The zero-order valence-corrected chi connectivity index (χ0v) is 22.2. The minimum Gasteiger partial charge on any atom is -0.395 e. The second-order valence-electron chi connectivity index (χ2n) is 8.97. The maximum absolute atomic E-state index is 15.2. The largest absolute Gasteiger partial charge is 0.434 e. The molecular formula is C24H26ClFN4O6S. The number of ketones is 1. The predicted molar refractivity (Wildman–Crippen MR) is 134 cm³/mol. The number of benzene rings is 2. The monoisotopic (exact) mass is 552 g/mol. The van der Waals surface area contributed by atoms with Gasteiger partial charge in [0.25, 0.3) is 0 Å². The summed E-state index contributed by atoms with van der Waals surface area (Å²) in [5, 5.41) is 15.9. The van der Waals surface area contributed by atoms with Gasteiger partial charge in [-0.1, -0.05) is 24.6 Å². The maximum atomic E-state index is 15.2. The number of Topliss-reactive ketones (excluding diaryl/α,β-unsaturated/α-hetero) is 1. The van der Waals surface area contributed by atoms with Crippen LogP contribution in [0.15, 0.2) is 38.4 Å². The number of carbonyl (C=O) groups is 1. The van der Waals surface area contributed by atoms with E-state index in [0.717, 1.165) is 9.87 Å². The number of aromatic amines is 1. The molecule has 0 saturated heterocycles. The number of H-pyrrole nitrogens is 1. The van der Waals surface area contributed by atoms with Gasteiger partial charge in [-0.3, -0.25) is 4.79 Å². The molecule has 0 amide bonds. The van der Waals surface area contributed by atoms with Gasteiger partial charge in [-0.15, -0.1) is 5.10 Å². The van der Waals surface area contributed by atoms with Crippen molar-refractivity contribution >= 4 is 33.1 Å². The lowest BCUT2D eigenvalue weighted by Gasteiger charge is -2.42. The number of anilines is 1. The second-order valence-corrected chi connectivity index (χ2v) is 11.2. The van der Waals surface area contributed by atoms with Crippen LogP contribution in [0.4, 0.5) is 10.1 Å². The Balaban J connectivity index is 2.00. The summed E-state index contributed by atoms with van der Waals surface area (Å²) in [6.07, 6.45) is 0. The molecule has 13 heteroatoms. The van der Waals surface area contributed by atoms with Gasteiger partial charge in [0.05, 0.1) is 19.0 Å². The summed E-state index contributed by atoms with van der Waals surface area (Å²) in [7, 11) is -4.46. The van der Waals surface area contributed by atoms with E-state index in [4.69, 9.17) is 16.0 Å². The fourth-order valence-electron chi connectivity index (χ4n) is 4.81. The van der Waals surface area contributed by atoms with Crippen LogP contribution in [0, 0.1) is 19.7 Å². The van der Waals surface area contributed by atoms with Gasteiger partial charge in [0, 0.05) is 23.0 Å². The Kier molecular flexibility index (Phi) is 7.30. The molecular weight excluding hydrogens is 527 g/mol. The Morgan fingerprint density at radius 2 is 2.03 bits per heavy atom. The lowest BCUT2D eigenvalue weighted by molar-refractivity contribution is 0.101. The highest BCUT2D eigenvalue weighted by molar-refractivity contribution is 7.89. The molecule has 1 aliphatic rings. The molecule has 1 aliphatic heterocycles. The van der Waals surface area contributed by atoms with E-state index >= 15 is 4.39 Å². The molecule has 0 aliphatic carbocycles. The van der Waals surface area contributed by atoms with Gasteiger partial charge in [0.15, 0.2) is 5.78 Å². The standard InChI is InChI=1S/C24H26ClFN4O6S/c1-12-5-6-18(26)20(13(12)2)14(3)21(23-27-28-24(33)36-23)30-11-29(7-8-31)19-10-16(25)9-17(15(4)32)22(19)37(30,34)35/h5-6,9-10,14,21,31H,7-8,11H2,1-4H3,(H,28,33)/t14-,21+/m1/s1. The molecule has 0 radical (unpaired) electrons. The van der Waals surface area contributed by atoms with E-state index in [9.17, 15) is 23.1 Å². The SMILES string of the molecule is CC(=O)c1cc(Cl)cc2c1S(=O)(=O)N([C@H](c1n[nH]c(=O)o1)[C@H](C)c1c(F)ccc(C)c1C)CN2CCO. The van der Waals surface area contributed by atoms with Gasteiger partial charge in [0.2, 0.25) is 15.9 Å². The molecule has 1 aromatic heterocycles. The van der Waals surface area contributed by atoms with Crippen LogP contribution in [0.2, 0.25) is 5.02 Å². The number of hydrogen-bond acceptors (Lipinski definition) is 8. The molecule has 0 saturated carbocycles. The molecule has 0 fully saturated rings. The van der Waals surface area contributed by atoms with Crippen LogP contribution in [0.3, 0.4) is 0 Å². The smallest absolute Gasteiger partial charge is 0.395 e. The summed E-state index contributed by atoms with van der Waals surface area (Å²) in [5.41, 5.74) is 1.63. The quantitative estimate of drug-likeness (QED) is 0.426. The summed E-state index contributed by atoms with van der Waals surface area (Å²) in [6.45, 7) is 5.70. The van der Waals surface area contributed by atoms with Crippen molar-refractivity contribution in [1.82, 2.24) is 14.5 Å². The summed E-state index contributed by atoms with van der Waals surface area (Å²) >= 11 is 6.21. The first-order valence-electron chi connectivity index (χ1n) is 11.4. The molecule has 0 spiro atoms. The first-order chi connectivity index (χ1) is 17.4. The lowest BCUT2D eigenvalue weighted by Crippen LogP contribution is -2.50. The third kappa shape index (κ3) is 4.70. The van der Waals surface area contributed by atoms with E-state index in [-0.39, 0.29) is 52.4 Å². The molecule has 10 nitrogen and oxygen atoms in total. The van der Waals surface area contributed by atoms with E-state index in [0.29, 0.717) is 5.56 Å². The average molecular weight is 553 g/mol. The van der Waals surface area contributed by atoms with Crippen LogP contribution in [0.1, 0.15) is 58.7 Å². The first kappa shape index (κ1) is 27.0. The number of β-amino-alcohol motifs (C(OH)–C–C–N with tert-alkyl or cyclic N) is 1. The van der Waals surface area contributed by atoms with Crippen molar-refractivity contribution in [3.63, 3.8) is 0 Å². The number of aromatic nitrogens is 2. The van der Waals surface area contributed by atoms with E-state index in [1.807, 2.05) is 0 Å². The van der Waals surface area contributed by atoms with E-state index < -0.39 is 39.3 Å². The van der Waals surface area contributed by atoms with Gasteiger partial charge in [-0.2, -0.15) is 4.31 Å². The third-order valence-electron chi connectivity index (χ3n) is 6.68. The summed E-state index contributed by atoms with van der Waals surface area (Å²) in [4.78, 5) is 25.7. The molecule has 3 aromatic rings. The highest BCUT2D eigenvalue weighted by Gasteiger charge is 2.46. The predicted octanol–water partition coefficient (Wildman–Crippen LogP) is 3.28. The molecule has 0 unspecified atom stereocenters. The van der Waals surface area contributed by atoms with Gasteiger partial charge in [-0.25, -0.2) is 22.7 Å². The molecule has 2 atom stereocenters. The second kappa shape index (κ2) is 10.0. The minimum absolute atomic E-state index is 0.000155. The van der Waals surface area contributed by atoms with Crippen molar-refractivity contribution in [2.24, 2.45) is 0 Å². The molecule has 2 N–H and O–H groups in total. The van der Waals surface area contributed by atoms with Gasteiger partial charge >= 0.3 is 5.76 Å². The van der Waals surface area contributed by atoms with Crippen LogP contribution in [-0.4, -0.2) is 53.6 Å². The van der Waals surface area contributed by atoms with E-state index in [1.54, 1.807) is 31.7 Å². The zero-order chi connectivity index (χ0) is 27.2. The number of rotatable bonds is 7. The molecule has 0 bridgehead atoms. The molecule has 2 heterocycles. The number of halogens is 2. The van der Waals surface area contributed by atoms with Crippen LogP contribution < -0.4 is 10.7 Å². The average Bonchev–Trinajstić information content (AvgIpc) is 3.24. The van der Waals surface area contributed by atoms with E-state index in [2.05, 4.69) is 10.2 Å². The van der Waals surface area contributed by atoms with Crippen LogP contribution in [-0.2, 0) is 10.0 Å². The van der Waals surface area contributed by atoms with Crippen molar-refractivity contribution in [2.45, 2.75) is 44.6 Å². The van der Waals surface area contributed by atoms with Crippen molar-refractivity contribution < 1.29 is 27.1 Å². The number of fused-ring (bicyclic) bond motifs is 1. The maximum Gasteiger partial charge on any atom is 0.434 e. The number of aliphatic hydroxyl groups is 1. The van der Waals surface area contributed by atoms with Crippen molar-refractivity contribution in [3.8, 4) is 0 Å². The van der Waals surface area contributed by atoms with Crippen LogP contribution in [0.25, 0.3) is 0 Å². The first-order valence-corrected chi connectivity index (χ1v) is 13.2. The number of nitrogens with zero attached hydrogens (tertiary/aromatic N) is 3. The fourth-order valence-corrected chi connectivity index (χ4v) is 7.05. The Labute approximate surface area is 217 Å². The minimum atomic E-state index is -4.46. The number of hydrogen-bond donors (Lipinski definition) is 2. The zero-order valence-electron chi connectivity index (χ0n) is 20.6. The highest BCUT2D eigenvalue weighted by atomic mass is 35.5. The normalized spacial score (nSPS) is 16.9. The summed E-state index contributed by atoms with van der Waals surface area (Å²) < 4.78 is 49.8. The molecule has 4 rings (SSSR count). The Morgan fingerprint density at radius 3 is 2.62 bits per heavy atom. The molecule has 37 heavy (non-hydrogen) atoms. The Bertz CT molecular complexity index is 1540. The Hall–Kier alpha value is -3.06. The lowest BCUT2D eigenvalue weighted by atomic mass is 9.87. The van der Waals surface area contributed by atoms with Gasteiger partial charge < -0.3 is 14.4 Å². The topological polar surface area (TPSA) is 137 Å². The number of sulfonamides is 1. The highest BCUT2D eigenvalue weighted by Crippen LogP contribution is 2.46. The number of nitrogens with one attached hydrogen (secondary N) is 1. The van der Waals surface area contributed by atoms with Crippen molar-refractivity contribution in [3.05, 3.63) is 73.8 Å². The van der Waals surface area contributed by atoms with Gasteiger partial charge in [0.1, 0.15) is 16.8 Å². The van der Waals surface area contributed by atoms with Crippen LogP contribution in [0.5, 0.6) is 0 Å². The number of aliphatic hydroxyl groups excluding tert-OH is 1.